The zero-order chi connectivity index (χ0) is 11.7. The predicted molar refractivity (Wildman–Crippen MR) is 61.4 cm³/mol. The van der Waals surface area contributed by atoms with Crippen molar-refractivity contribution in [1.29, 1.82) is 0 Å². The van der Waals surface area contributed by atoms with E-state index >= 15 is 0 Å². The summed E-state index contributed by atoms with van der Waals surface area (Å²) in [6.07, 6.45) is 6.01. The third-order valence-electron chi connectivity index (χ3n) is 2.13. The van der Waals surface area contributed by atoms with Crippen molar-refractivity contribution < 1.29 is 13.0 Å². The molecule has 0 aliphatic carbocycles. The summed E-state index contributed by atoms with van der Waals surface area (Å²) in [5, 5.41) is 0. The van der Waals surface area contributed by atoms with Gasteiger partial charge in [0.05, 0.1) is 6.26 Å². The van der Waals surface area contributed by atoms with Gasteiger partial charge < -0.3 is 10.6 Å². The van der Waals surface area contributed by atoms with E-state index in [-0.39, 0.29) is 0 Å². The second-order valence-corrected chi connectivity index (χ2v) is 5.24. The van der Waals surface area contributed by atoms with E-state index in [0.717, 1.165) is 6.54 Å². The molecule has 92 valence electrons. The molecule has 6 heteroatoms. The Kier molecular flexibility index (Phi) is 7.95. The minimum atomic E-state index is -3.67. The molecule has 15 heavy (non-hydrogen) atoms. The molecule has 1 aliphatic heterocycles. The van der Waals surface area contributed by atoms with Gasteiger partial charge in [0.1, 0.15) is 0 Å². The third-order valence-corrected chi connectivity index (χ3v) is 2.13. The summed E-state index contributed by atoms with van der Waals surface area (Å²) in [5.41, 5.74) is 5.39. The van der Waals surface area contributed by atoms with Gasteiger partial charge in [0, 0.05) is 0 Å². The molecule has 1 rings (SSSR count). The van der Waals surface area contributed by atoms with Crippen molar-refractivity contribution in [2.45, 2.75) is 25.7 Å². The fourth-order valence-electron chi connectivity index (χ4n) is 1.49. The van der Waals surface area contributed by atoms with Crippen LogP contribution in [0.25, 0.3) is 0 Å². The number of nitrogens with two attached hydrogens (primary N) is 1. The summed E-state index contributed by atoms with van der Waals surface area (Å²) in [6.45, 7) is 4.78. The minimum Gasteiger partial charge on any atom is -0.330 e. The molecule has 3 N–H and O–H groups in total. The first kappa shape index (κ1) is 14.8. The first-order valence-electron chi connectivity index (χ1n) is 5.28. The second-order valence-electron chi connectivity index (χ2n) is 3.78. The van der Waals surface area contributed by atoms with Gasteiger partial charge in [-0.2, -0.15) is 8.42 Å². The van der Waals surface area contributed by atoms with E-state index in [1.165, 1.54) is 45.3 Å². The van der Waals surface area contributed by atoms with Gasteiger partial charge in [-0.3, -0.25) is 4.55 Å². The van der Waals surface area contributed by atoms with E-state index in [9.17, 15) is 8.42 Å². The largest absolute Gasteiger partial charge is 0.330 e. The first-order valence-corrected chi connectivity index (χ1v) is 7.13. The fraction of sp³-hybridized carbons (Fsp3) is 1.00. The van der Waals surface area contributed by atoms with Crippen molar-refractivity contribution in [3.8, 4) is 0 Å². The predicted octanol–water partition coefficient (Wildman–Crippen LogP) is 0.325. The molecule has 0 atom stereocenters. The van der Waals surface area contributed by atoms with Gasteiger partial charge in [0.25, 0.3) is 10.1 Å². The Morgan fingerprint density at radius 3 is 2.13 bits per heavy atom. The Bertz CT molecular complexity index is 228. The van der Waals surface area contributed by atoms with Crippen molar-refractivity contribution in [3.63, 3.8) is 0 Å². The molecule has 0 unspecified atom stereocenters. The Morgan fingerprint density at radius 1 is 1.27 bits per heavy atom. The normalized spacial score (nSPS) is 17.3. The molecule has 1 saturated heterocycles. The molecule has 0 aromatic heterocycles. The molecular formula is C9H22N2O3S. The highest BCUT2D eigenvalue weighted by Crippen LogP contribution is 2.07. The summed E-state index contributed by atoms with van der Waals surface area (Å²) in [6, 6.07) is 0. The zero-order valence-electron chi connectivity index (χ0n) is 9.35. The number of nitrogens with zero attached hydrogens (tertiary/aromatic N) is 1. The third kappa shape index (κ3) is 13.8. The van der Waals surface area contributed by atoms with Gasteiger partial charge in [-0.05, 0) is 51.9 Å². The highest BCUT2D eigenvalue weighted by Gasteiger charge is 2.09. The Balaban J connectivity index is 0.000000336. The Morgan fingerprint density at radius 2 is 1.73 bits per heavy atom. The first-order chi connectivity index (χ1) is 6.93. The van der Waals surface area contributed by atoms with Gasteiger partial charge in [-0.1, -0.05) is 0 Å². The van der Waals surface area contributed by atoms with Crippen molar-refractivity contribution in [2.75, 3.05) is 32.4 Å². The summed E-state index contributed by atoms with van der Waals surface area (Å²) in [4.78, 5) is 2.54. The molecule has 0 aromatic rings. The minimum absolute atomic E-state index is 0.715. The number of hydrogen-bond donors (Lipinski definition) is 2. The van der Waals surface area contributed by atoms with E-state index in [4.69, 9.17) is 10.3 Å². The van der Waals surface area contributed by atoms with Gasteiger partial charge in [-0.15, -0.1) is 0 Å². The lowest BCUT2D eigenvalue weighted by Gasteiger charge is -2.12. The second kappa shape index (κ2) is 8.04. The molecule has 1 aliphatic rings. The highest BCUT2D eigenvalue weighted by molar-refractivity contribution is 7.85. The molecule has 1 fully saturated rings. The molecular weight excluding hydrogens is 216 g/mol. The molecule has 1 heterocycles. The van der Waals surface area contributed by atoms with Crippen LogP contribution in [0.4, 0.5) is 0 Å². The van der Waals surface area contributed by atoms with Crippen LogP contribution in [0.3, 0.4) is 0 Å². The average molecular weight is 238 g/mol. The van der Waals surface area contributed by atoms with E-state index in [1.54, 1.807) is 0 Å². The van der Waals surface area contributed by atoms with E-state index in [1.807, 2.05) is 0 Å². The molecule has 0 bridgehead atoms. The molecule has 0 spiro atoms. The zero-order valence-corrected chi connectivity index (χ0v) is 10.2. The van der Waals surface area contributed by atoms with E-state index < -0.39 is 10.1 Å². The number of rotatable bonds is 4. The maximum absolute atomic E-state index is 9.19. The van der Waals surface area contributed by atoms with E-state index in [2.05, 4.69) is 4.90 Å². The quantitative estimate of drug-likeness (QED) is 0.544. The molecule has 5 nitrogen and oxygen atoms in total. The summed E-state index contributed by atoms with van der Waals surface area (Å²) >= 11 is 0. The Hall–Kier alpha value is -0.170. The van der Waals surface area contributed by atoms with Crippen LogP contribution in [-0.2, 0) is 10.1 Å². The standard InChI is InChI=1S/C8H18N2.CH4O3S/c9-5-1-2-6-10-7-3-4-8-10;1-5(2,3)4/h1-9H2;1H3,(H,2,3,4). The number of hydrogen-bond acceptors (Lipinski definition) is 4. The van der Waals surface area contributed by atoms with Crippen LogP contribution in [-0.4, -0.2) is 50.3 Å². The molecule has 0 aromatic carbocycles. The summed E-state index contributed by atoms with van der Waals surface area (Å²) in [7, 11) is -3.67. The van der Waals surface area contributed by atoms with Crippen LogP contribution in [0.15, 0.2) is 0 Å². The van der Waals surface area contributed by atoms with Gasteiger partial charge >= 0.3 is 0 Å². The average Bonchev–Trinajstić information content (AvgIpc) is 2.54. The van der Waals surface area contributed by atoms with E-state index in [0.29, 0.717) is 6.26 Å². The lowest BCUT2D eigenvalue weighted by molar-refractivity contribution is 0.331. The van der Waals surface area contributed by atoms with Crippen molar-refractivity contribution in [3.05, 3.63) is 0 Å². The van der Waals surface area contributed by atoms with Crippen molar-refractivity contribution >= 4 is 10.1 Å². The number of likely N-dealkylation sites (tertiary alicyclic amines) is 1. The lowest BCUT2D eigenvalue weighted by atomic mass is 10.3. The lowest BCUT2D eigenvalue weighted by Crippen LogP contribution is -2.20. The maximum Gasteiger partial charge on any atom is 0.261 e. The van der Waals surface area contributed by atoms with Crippen LogP contribution in [0.1, 0.15) is 25.7 Å². The van der Waals surface area contributed by atoms with Gasteiger partial charge in [0.2, 0.25) is 0 Å². The van der Waals surface area contributed by atoms with Crippen LogP contribution in [0.2, 0.25) is 0 Å². The van der Waals surface area contributed by atoms with Gasteiger partial charge in [0.15, 0.2) is 0 Å². The molecule has 0 radical (unpaired) electrons. The monoisotopic (exact) mass is 238 g/mol. The van der Waals surface area contributed by atoms with Crippen LogP contribution < -0.4 is 5.73 Å². The molecule has 0 saturated carbocycles. The van der Waals surface area contributed by atoms with Crippen LogP contribution >= 0.6 is 0 Å². The van der Waals surface area contributed by atoms with Crippen LogP contribution in [0.5, 0.6) is 0 Å². The topological polar surface area (TPSA) is 83.6 Å². The number of unbranched alkanes of at least 4 members (excludes halogenated alkanes) is 1. The maximum atomic E-state index is 9.19. The smallest absolute Gasteiger partial charge is 0.261 e. The fourth-order valence-corrected chi connectivity index (χ4v) is 1.49. The van der Waals surface area contributed by atoms with Crippen molar-refractivity contribution in [1.82, 2.24) is 4.90 Å². The Labute approximate surface area is 92.4 Å². The summed E-state index contributed by atoms with van der Waals surface area (Å²) < 4.78 is 25.9. The van der Waals surface area contributed by atoms with Crippen molar-refractivity contribution in [2.24, 2.45) is 5.73 Å². The summed E-state index contributed by atoms with van der Waals surface area (Å²) in [5.74, 6) is 0. The van der Waals surface area contributed by atoms with Crippen LogP contribution in [0, 0.1) is 0 Å². The molecule has 0 amide bonds. The van der Waals surface area contributed by atoms with Gasteiger partial charge in [-0.25, -0.2) is 0 Å². The SMILES string of the molecule is CS(=O)(=O)O.NCCCCN1CCCC1. The highest BCUT2D eigenvalue weighted by atomic mass is 32.2.